The number of rotatable bonds is 3. The number of carbonyl (C=O) groups excluding carboxylic acids is 1. The molecular weight excluding hydrogens is 224 g/mol. The summed E-state index contributed by atoms with van der Waals surface area (Å²) in [5.74, 6) is -0.860. The summed E-state index contributed by atoms with van der Waals surface area (Å²) < 4.78 is 5.44. The molecule has 2 saturated heterocycles. The Kier molecular flexibility index (Phi) is 3.63. The SMILES string of the molecule is CC1C(=O)NCCN1CC1CCC(C(=O)O)O1. The Hall–Kier alpha value is -1.14. The van der Waals surface area contributed by atoms with Gasteiger partial charge in [-0.05, 0) is 19.8 Å². The van der Waals surface area contributed by atoms with Gasteiger partial charge >= 0.3 is 5.97 Å². The molecule has 0 aromatic heterocycles. The molecule has 1 amide bonds. The highest BCUT2D eigenvalue weighted by atomic mass is 16.5. The van der Waals surface area contributed by atoms with Gasteiger partial charge in [-0.3, -0.25) is 9.69 Å². The predicted octanol–water partition coefficient (Wildman–Crippen LogP) is -0.561. The molecular formula is C11H18N2O4. The quantitative estimate of drug-likeness (QED) is 0.693. The number of nitrogens with one attached hydrogen (secondary N) is 1. The second-order valence-electron chi connectivity index (χ2n) is 4.62. The van der Waals surface area contributed by atoms with Crippen LogP contribution in [0.4, 0.5) is 0 Å². The third-order valence-corrected chi connectivity index (χ3v) is 3.45. The van der Waals surface area contributed by atoms with E-state index in [-0.39, 0.29) is 18.1 Å². The van der Waals surface area contributed by atoms with E-state index >= 15 is 0 Å². The summed E-state index contributed by atoms with van der Waals surface area (Å²) in [4.78, 5) is 24.3. The van der Waals surface area contributed by atoms with Crippen LogP contribution in [0.15, 0.2) is 0 Å². The average Bonchev–Trinajstić information content (AvgIpc) is 2.73. The molecule has 0 spiro atoms. The van der Waals surface area contributed by atoms with Gasteiger partial charge in [-0.25, -0.2) is 4.79 Å². The monoisotopic (exact) mass is 242 g/mol. The summed E-state index contributed by atoms with van der Waals surface area (Å²) in [5.41, 5.74) is 0. The van der Waals surface area contributed by atoms with Crippen molar-refractivity contribution in [1.82, 2.24) is 10.2 Å². The number of hydrogen-bond acceptors (Lipinski definition) is 4. The Balaban J connectivity index is 1.85. The van der Waals surface area contributed by atoms with Crippen molar-refractivity contribution >= 4 is 11.9 Å². The van der Waals surface area contributed by atoms with Gasteiger partial charge in [-0.15, -0.1) is 0 Å². The molecule has 17 heavy (non-hydrogen) atoms. The van der Waals surface area contributed by atoms with E-state index in [1.54, 1.807) is 0 Å². The number of piperazine rings is 1. The minimum atomic E-state index is -0.892. The van der Waals surface area contributed by atoms with Crippen molar-refractivity contribution in [1.29, 1.82) is 0 Å². The van der Waals surface area contributed by atoms with Gasteiger partial charge in [0, 0.05) is 19.6 Å². The molecule has 0 aromatic carbocycles. The molecule has 0 bridgehead atoms. The maximum Gasteiger partial charge on any atom is 0.332 e. The van der Waals surface area contributed by atoms with E-state index in [1.807, 2.05) is 11.8 Å². The molecule has 3 atom stereocenters. The lowest BCUT2D eigenvalue weighted by Gasteiger charge is -2.34. The van der Waals surface area contributed by atoms with Crippen LogP contribution in [-0.4, -0.2) is 59.8 Å². The molecule has 0 aromatic rings. The zero-order valence-corrected chi connectivity index (χ0v) is 9.89. The van der Waals surface area contributed by atoms with Gasteiger partial charge in [0.05, 0.1) is 12.1 Å². The number of ether oxygens (including phenoxy) is 1. The van der Waals surface area contributed by atoms with Crippen LogP contribution in [0, 0.1) is 0 Å². The van der Waals surface area contributed by atoms with E-state index in [0.717, 1.165) is 13.0 Å². The summed E-state index contributed by atoms with van der Waals surface area (Å²) in [5, 5.41) is 11.6. The first-order chi connectivity index (χ1) is 8.08. The first-order valence-electron chi connectivity index (χ1n) is 5.98. The van der Waals surface area contributed by atoms with Crippen LogP contribution in [0.3, 0.4) is 0 Å². The Morgan fingerprint density at radius 1 is 1.59 bits per heavy atom. The predicted molar refractivity (Wildman–Crippen MR) is 59.6 cm³/mol. The van der Waals surface area contributed by atoms with Crippen LogP contribution >= 0.6 is 0 Å². The van der Waals surface area contributed by atoms with Crippen LogP contribution in [0.2, 0.25) is 0 Å². The van der Waals surface area contributed by atoms with Gasteiger partial charge < -0.3 is 15.2 Å². The Bertz CT molecular complexity index is 321. The lowest BCUT2D eigenvalue weighted by Crippen LogP contribution is -2.55. The second-order valence-corrected chi connectivity index (χ2v) is 4.62. The summed E-state index contributed by atoms with van der Waals surface area (Å²) in [6, 6.07) is -0.156. The zero-order valence-electron chi connectivity index (χ0n) is 9.89. The summed E-state index contributed by atoms with van der Waals surface area (Å²) >= 11 is 0. The minimum absolute atomic E-state index is 0.0315. The number of carboxylic acids is 1. The zero-order chi connectivity index (χ0) is 12.4. The van der Waals surface area contributed by atoms with Crippen molar-refractivity contribution in [2.45, 2.75) is 38.0 Å². The van der Waals surface area contributed by atoms with Crippen LogP contribution in [0.5, 0.6) is 0 Å². The highest BCUT2D eigenvalue weighted by Crippen LogP contribution is 2.21. The molecule has 2 rings (SSSR count). The highest BCUT2D eigenvalue weighted by Gasteiger charge is 2.34. The van der Waals surface area contributed by atoms with Crippen LogP contribution in [0.25, 0.3) is 0 Å². The molecule has 2 fully saturated rings. The van der Waals surface area contributed by atoms with Gasteiger partial charge in [0.25, 0.3) is 0 Å². The van der Waals surface area contributed by atoms with Crippen molar-refractivity contribution in [3.05, 3.63) is 0 Å². The standard InChI is InChI=1S/C11H18N2O4/c1-7-10(14)12-4-5-13(7)6-8-2-3-9(17-8)11(15)16/h7-9H,2-6H2,1H3,(H,12,14)(H,15,16). The normalized spacial score (nSPS) is 34.6. The number of carboxylic acid groups (broad SMARTS) is 1. The van der Waals surface area contributed by atoms with Crippen LogP contribution in [-0.2, 0) is 14.3 Å². The summed E-state index contributed by atoms with van der Waals surface area (Å²) in [6.07, 6.45) is 0.578. The molecule has 2 N–H and O–H groups in total. The molecule has 2 aliphatic heterocycles. The summed E-state index contributed by atoms with van der Waals surface area (Å²) in [7, 11) is 0. The number of carbonyl (C=O) groups is 2. The molecule has 2 aliphatic rings. The van der Waals surface area contributed by atoms with Gasteiger partial charge in [0.15, 0.2) is 6.10 Å². The smallest absolute Gasteiger partial charge is 0.332 e. The molecule has 0 radical (unpaired) electrons. The van der Waals surface area contributed by atoms with E-state index in [0.29, 0.717) is 19.5 Å². The van der Waals surface area contributed by atoms with E-state index in [4.69, 9.17) is 9.84 Å². The molecule has 0 saturated carbocycles. The van der Waals surface area contributed by atoms with Crippen LogP contribution < -0.4 is 5.32 Å². The number of hydrogen-bond donors (Lipinski definition) is 2. The van der Waals surface area contributed by atoms with Gasteiger partial charge in [-0.2, -0.15) is 0 Å². The van der Waals surface area contributed by atoms with Crippen molar-refractivity contribution in [2.24, 2.45) is 0 Å². The fourth-order valence-electron chi connectivity index (χ4n) is 2.36. The fourth-order valence-corrected chi connectivity index (χ4v) is 2.36. The Morgan fingerprint density at radius 3 is 3.00 bits per heavy atom. The third-order valence-electron chi connectivity index (χ3n) is 3.45. The highest BCUT2D eigenvalue weighted by molar-refractivity contribution is 5.82. The van der Waals surface area contributed by atoms with Crippen molar-refractivity contribution in [3.8, 4) is 0 Å². The topological polar surface area (TPSA) is 78.9 Å². The summed E-state index contributed by atoms with van der Waals surface area (Å²) in [6.45, 7) is 3.94. The van der Waals surface area contributed by atoms with Crippen LogP contribution in [0.1, 0.15) is 19.8 Å². The van der Waals surface area contributed by atoms with Crippen molar-refractivity contribution < 1.29 is 19.4 Å². The van der Waals surface area contributed by atoms with Crippen molar-refractivity contribution in [2.75, 3.05) is 19.6 Å². The second kappa shape index (κ2) is 5.01. The van der Waals surface area contributed by atoms with Gasteiger partial charge in [-0.1, -0.05) is 0 Å². The number of nitrogens with zero attached hydrogens (tertiary/aromatic N) is 1. The van der Waals surface area contributed by atoms with Gasteiger partial charge in [0.2, 0.25) is 5.91 Å². The number of amides is 1. The fraction of sp³-hybridized carbons (Fsp3) is 0.818. The first-order valence-corrected chi connectivity index (χ1v) is 5.98. The maximum atomic E-state index is 11.5. The molecule has 0 aliphatic carbocycles. The maximum absolute atomic E-state index is 11.5. The van der Waals surface area contributed by atoms with E-state index in [9.17, 15) is 9.59 Å². The Labute approximate surface area is 99.9 Å². The third kappa shape index (κ3) is 2.76. The molecule has 2 heterocycles. The van der Waals surface area contributed by atoms with E-state index in [2.05, 4.69) is 5.32 Å². The molecule has 6 heteroatoms. The molecule has 96 valence electrons. The number of aliphatic carboxylic acids is 1. The lowest BCUT2D eigenvalue weighted by atomic mass is 10.1. The molecule has 3 unspecified atom stereocenters. The van der Waals surface area contributed by atoms with E-state index < -0.39 is 12.1 Å². The average molecular weight is 242 g/mol. The largest absolute Gasteiger partial charge is 0.479 e. The lowest BCUT2D eigenvalue weighted by molar-refractivity contribution is -0.150. The Morgan fingerprint density at radius 2 is 2.35 bits per heavy atom. The first kappa shape index (κ1) is 12.3. The van der Waals surface area contributed by atoms with Gasteiger partial charge in [0.1, 0.15) is 0 Å². The van der Waals surface area contributed by atoms with E-state index in [1.165, 1.54) is 0 Å². The minimum Gasteiger partial charge on any atom is -0.479 e. The van der Waals surface area contributed by atoms with Crippen molar-refractivity contribution in [3.63, 3.8) is 0 Å². The molecule has 6 nitrogen and oxygen atoms in total.